The maximum absolute atomic E-state index is 12.2. The first-order valence-corrected chi connectivity index (χ1v) is 6.36. The van der Waals surface area contributed by atoms with Gasteiger partial charge in [0.25, 0.3) is 0 Å². The summed E-state index contributed by atoms with van der Waals surface area (Å²) in [6.45, 7) is 3.53. The van der Waals surface area contributed by atoms with Crippen LogP contribution in [0.3, 0.4) is 0 Å². The highest BCUT2D eigenvalue weighted by Crippen LogP contribution is 2.60. The predicted octanol–water partition coefficient (Wildman–Crippen LogP) is 1.61. The number of hydrogen-bond acceptors (Lipinski definition) is 3. The number of alkyl halides is 1. The summed E-state index contributed by atoms with van der Waals surface area (Å²) in [7, 11) is 0. The maximum atomic E-state index is 12.2. The first-order chi connectivity index (χ1) is 7.81. The van der Waals surface area contributed by atoms with E-state index in [-0.39, 0.29) is 17.5 Å². The van der Waals surface area contributed by atoms with Crippen LogP contribution in [0.25, 0.3) is 0 Å². The molecule has 0 amide bonds. The van der Waals surface area contributed by atoms with Crippen molar-refractivity contribution < 1.29 is 14.7 Å². The van der Waals surface area contributed by atoms with E-state index in [9.17, 15) is 14.7 Å². The molecule has 0 aromatic rings. The monoisotopic (exact) mass is 254 g/mol. The highest BCUT2D eigenvalue weighted by molar-refractivity contribution is 6.39. The van der Waals surface area contributed by atoms with Crippen LogP contribution in [0.5, 0.6) is 0 Å². The van der Waals surface area contributed by atoms with Gasteiger partial charge in [0.2, 0.25) is 0 Å². The Morgan fingerprint density at radius 1 is 1.35 bits per heavy atom. The molecule has 2 fully saturated rings. The van der Waals surface area contributed by atoms with Gasteiger partial charge in [-0.1, -0.05) is 5.57 Å². The zero-order chi connectivity index (χ0) is 12.6. The van der Waals surface area contributed by atoms with Gasteiger partial charge in [0.05, 0.1) is 5.41 Å². The number of allylic oxidation sites excluding steroid dienone is 1. The fourth-order valence-corrected chi connectivity index (χ4v) is 3.70. The summed E-state index contributed by atoms with van der Waals surface area (Å²) in [5.74, 6) is -0.589. The fraction of sp³-hybridized carbons (Fsp3) is 0.692. The molecule has 17 heavy (non-hydrogen) atoms. The van der Waals surface area contributed by atoms with Crippen LogP contribution in [0.4, 0.5) is 0 Å². The quantitative estimate of drug-likeness (QED) is 0.669. The standard InChI is InChI=1S/C13H15ClO3/c1-6-8-7(5-12(2,14)10(8)16)9(15)11(17)13(6)3-4-13/h7,9,15H,3-5H2,1-2H3/t7-,9-,12+/m0/s1. The molecule has 0 aromatic carbocycles. The Morgan fingerprint density at radius 2 is 1.94 bits per heavy atom. The topological polar surface area (TPSA) is 54.4 Å². The summed E-state index contributed by atoms with van der Waals surface area (Å²) < 4.78 is 0. The van der Waals surface area contributed by atoms with E-state index < -0.39 is 16.4 Å². The number of Topliss-reactive ketones (excluding diaryl/α,β-unsaturated/α-hetero) is 2. The maximum Gasteiger partial charge on any atom is 0.179 e. The average molecular weight is 255 g/mol. The highest BCUT2D eigenvalue weighted by Gasteiger charge is 2.63. The molecule has 1 spiro atoms. The molecule has 3 atom stereocenters. The Hall–Kier alpha value is -0.670. The van der Waals surface area contributed by atoms with E-state index in [4.69, 9.17) is 11.6 Å². The van der Waals surface area contributed by atoms with Crippen LogP contribution in [0.1, 0.15) is 33.1 Å². The Labute approximate surface area is 105 Å². The molecule has 3 nitrogen and oxygen atoms in total. The minimum Gasteiger partial charge on any atom is -0.385 e. The van der Waals surface area contributed by atoms with Crippen LogP contribution in [0, 0.1) is 11.3 Å². The number of carbonyl (C=O) groups excluding carboxylic acids is 2. The van der Waals surface area contributed by atoms with E-state index in [0.717, 1.165) is 18.4 Å². The van der Waals surface area contributed by atoms with Gasteiger partial charge in [-0.3, -0.25) is 9.59 Å². The van der Waals surface area contributed by atoms with E-state index in [1.54, 1.807) is 6.92 Å². The van der Waals surface area contributed by atoms with Crippen molar-refractivity contribution in [2.24, 2.45) is 11.3 Å². The number of ketones is 2. The molecule has 4 heteroatoms. The van der Waals surface area contributed by atoms with Gasteiger partial charge in [-0.05, 0) is 33.1 Å². The van der Waals surface area contributed by atoms with E-state index >= 15 is 0 Å². The average Bonchev–Trinajstić information content (AvgIpc) is 3.00. The Bertz CT molecular complexity index is 471. The smallest absolute Gasteiger partial charge is 0.179 e. The van der Waals surface area contributed by atoms with Gasteiger partial charge >= 0.3 is 0 Å². The number of carbonyl (C=O) groups is 2. The molecule has 0 heterocycles. The van der Waals surface area contributed by atoms with Gasteiger partial charge < -0.3 is 5.11 Å². The van der Waals surface area contributed by atoms with Gasteiger partial charge in [0.15, 0.2) is 11.6 Å². The van der Waals surface area contributed by atoms with Crippen molar-refractivity contribution in [3.63, 3.8) is 0 Å². The number of hydrogen-bond donors (Lipinski definition) is 1. The lowest BCUT2D eigenvalue weighted by Crippen LogP contribution is -2.41. The van der Waals surface area contributed by atoms with Crippen molar-refractivity contribution >= 4 is 23.2 Å². The summed E-state index contributed by atoms with van der Waals surface area (Å²) >= 11 is 6.18. The number of aliphatic hydroxyl groups is 1. The molecule has 0 saturated heterocycles. The summed E-state index contributed by atoms with van der Waals surface area (Å²) in [6.07, 6.45) is 0.845. The van der Waals surface area contributed by atoms with Crippen molar-refractivity contribution in [2.45, 2.75) is 44.1 Å². The van der Waals surface area contributed by atoms with Crippen LogP contribution < -0.4 is 0 Å². The highest BCUT2D eigenvalue weighted by atomic mass is 35.5. The normalized spacial score (nSPS) is 43.3. The van der Waals surface area contributed by atoms with Crippen molar-refractivity contribution in [1.29, 1.82) is 0 Å². The second-order valence-electron chi connectivity index (χ2n) is 5.77. The molecular weight excluding hydrogens is 240 g/mol. The second-order valence-corrected chi connectivity index (χ2v) is 6.60. The van der Waals surface area contributed by atoms with Crippen molar-refractivity contribution in [3.8, 4) is 0 Å². The van der Waals surface area contributed by atoms with Crippen molar-refractivity contribution in [3.05, 3.63) is 11.1 Å². The Balaban J connectivity index is 2.18. The largest absolute Gasteiger partial charge is 0.385 e. The van der Waals surface area contributed by atoms with Crippen LogP contribution in [0.2, 0.25) is 0 Å². The van der Waals surface area contributed by atoms with E-state index in [0.29, 0.717) is 12.0 Å². The third-order valence-corrected chi connectivity index (χ3v) is 5.01. The first-order valence-electron chi connectivity index (χ1n) is 5.99. The molecule has 0 aliphatic heterocycles. The molecule has 3 aliphatic rings. The molecule has 0 radical (unpaired) electrons. The molecule has 0 aromatic heterocycles. The van der Waals surface area contributed by atoms with Crippen molar-refractivity contribution in [2.75, 3.05) is 0 Å². The lowest BCUT2D eigenvalue weighted by molar-refractivity contribution is -0.134. The number of aliphatic hydroxyl groups excluding tert-OH is 1. The molecule has 92 valence electrons. The number of fused-ring (bicyclic) bond motifs is 1. The third-order valence-electron chi connectivity index (χ3n) is 4.69. The first kappa shape index (κ1) is 11.4. The molecule has 2 saturated carbocycles. The zero-order valence-corrected chi connectivity index (χ0v) is 10.7. The summed E-state index contributed by atoms with van der Waals surface area (Å²) in [4.78, 5) is 23.4. The third kappa shape index (κ3) is 1.22. The molecule has 3 rings (SSSR count). The predicted molar refractivity (Wildman–Crippen MR) is 62.8 cm³/mol. The van der Waals surface area contributed by atoms with Crippen molar-refractivity contribution in [1.82, 2.24) is 0 Å². The summed E-state index contributed by atoms with van der Waals surface area (Å²) in [5, 5.41) is 10.1. The molecule has 1 N–H and O–H groups in total. The number of rotatable bonds is 0. The van der Waals surface area contributed by atoms with Crippen LogP contribution in [-0.4, -0.2) is 27.7 Å². The molecule has 0 bridgehead atoms. The van der Waals surface area contributed by atoms with Crippen LogP contribution in [-0.2, 0) is 9.59 Å². The molecule has 3 aliphatic carbocycles. The second kappa shape index (κ2) is 3.01. The SMILES string of the molecule is CC1=C2C(=O)[C@](C)(Cl)C[C@@H]2[C@H](O)C(=O)C12CC2. The molecule has 0 unspecified atom stereocenters. The van der Waals surface area contributed by atoms with Gasteiger partial charge in [-0.2, -0.15) is 0 Å². The van der Waals surface area contributed by atoms with Gasteiger partial charge in [-0.15, -0.1) is 11.6 Å². The van der Waals surface area contributed by atoms with Gasteiger partial charge in [0.1, 0.15) is 11.0 Å². The lowest BCUT2D eigenvalue weighted by Gasteiger charge is -2.31. The van der Waals surface area contributed by atoms with Crippen LogP contribution in [0.15, 0.2) is 11.1 Å². The summed E-state index contributed by atoms with van der Waals surface area (Å²) in [5.41, 5.74) is 0.970. The minimum atomic E-state index is -1.04. The number of halogens is 1. The molecular formula is C13H15ClO3. The fourth-order valence-electron chi connectivity index (χ4n) is 3.43. The van der Waals surface area contributed by atoms with E-state index in [1.165, 1.54) is 0 Å². The minimum absolute atomic E-state index is 0.0977. The summed E-state index contributed by atoms with van der Waals surface area (Å²) in [6, 6.07) is 0. The zero-order valence-electron chi connectivity index (χ0n) is 9.92. The van der Waals surface area contributed by atoms with Crippen LogP contribution >= 0.6 is 11.6 Å². The Morgan fingerprint density at radius 3 is 2.47 bits per heavy atom. The van der Waals surface area contributed by atoms with Gasteiger partial charge in [0, 0.05) is 11.5 Å². The van der Waals surface area contributed by atoms with E-state index in [1.807, 2.05) is 6.92 Å². The van der Waals surface area contributed by atoms with Gasteiger partial charge in [-0.25, -0.2) is 0 Å². The Kier molecular flexibility index (Phi) is 2.02. The van der Waals surface area contributed by atoms with E-state index in [2.05, 4.69) is 0 Å². The lowest BCUT2D eigenvalue weighted by atomic mass is 9.73.